The van der Waals surface area contributed by atoms with Crippen LogP contribution in [0, 0.1) is 5.82 Å². The third-order valence-electron chi connectivity index (χ3n) is 5.07. The molecule has 1 unspecified atom stereocenters. The van der Waals surface area contributed by atoms with Crippen molar-refractivity contribution in [1.29, 1.82) is 0 Å². The molecule has 3 heterocycles. The zero-order valence-corrected chi connectivity index (χ0v) is 17.4. The highest BCUT2D eigenvalue weighted by Crippen LogP contribution is 2.38. The number of nitrogens with one attached hydrogen (secondary N) is 1. The minimum Gasteiger partial charge on any atom is -0.366 e. The van der Waals surface area contributed by atoms with Crippen LogP contribution in [0.4, 0.5) is 23.2 Å². The van der Waals surface area contributed by atoms with Crippen molar-refractivity contribution in [2.45, 2.75) is 32.3 Å². The molecule has 13 heteroatoms. The van der Waals surface area contributed by atoms with Crippen molar-refractivity contribution in [1.82, 2.24) is 25.0 Å². The molecule has 8 nitrogen and oxygen atoms in total. The zero-order valence-electron chi connectivity index (χ0n) is 16.7. The third-order valence-corrected chi connectivity index (χ3v) is 5.44. The smallest absolute Gasteiger partial charge is 0.366 e. The number of alkyl halides is 3. The minimum absolute atomic E-state index is 0.0264. The molecule has 0 aliphatic carbocycles. The van der Waals surface area contributed by atoms with E-state index in [0.717, 1.165) is 12.1 Å². The molecular weight excluding hydrogens is 456 g/mol. The van der Waals surface area contributed by atoms with E-state index >= 15 is 0 Å². The van der Waals surface area contributed by atoms with Crippen LogP contribution < -0.4 is 10.5 Å². The molecule has 0 fully saturated rings. The first kappa shape index (κ1) is 22.2. The van der Waals surface area contributed by atoms with E-state index in [9.17, 15) is 22.4 Å². The summed E-state index contributed by atoms with van der Waals surface area (Å²) in [5.74, 6) is -0.379. The molecule has 1 aliphatic heterocycles. The second kappa shape index (κ2) is 8.51. The van der Waals surface area contributed by atoms with Crippen LogP contribution in [-0.2, 0) is 24.0 Å². The Morgan fingerprint density at radius 3 is 2.78 bits per heavy atom. The summed E-state index contributed by atoms with van der Waals surface area (Å²) in [4.78, 5) is 13.5. The number of aromatic nitrogens is 5. The maximum atomic E-state index is 13.6. The molecular formula is C19H17ClF4N6O2. The van der Waals surface area contributed by atoms with Crippen molar-refractivity contribution in [3.63, 3.8) is 0 Å². The number of benzene rings is 1. The van der Waals surface area contributed by atoms with Crippen molar-refractivity contribution in [2.75, 3.05) is 18.1 Å². The Balaban J connectivity index is 1.72. The van der Waals surface area contributed by atoms with Crippen LogP contribution >= 0.6 is 11.6 Å². The van der Waals surface area contributed by atoms with Gasteiger partial charge in [0.2, 0.25) is 0 Å². The van der Waals surface area contributed by atoms with Crippen LogP contribution in [0.15, 0.2) is 29.2 Å². The number of halogens is 5. The predicted molar refractivity (Wildman–Crippen MR) is 106 cm³/mol. The Bertz CT molecular complexity index is 1200. The van der Waals surface area contributed by atoms with E-state index in [1.807, 2.05) is 0 Å². The van der Waals surface area contributed by atoms with Gasteiger partial charge < -0.3 is 14.2 Å². The number of hydrogen-bond donors (Lipinski definition) is 1. The molecule has 0 saturated heterocycles. The fourth-order valence-corrected chi connectivity index (χ4v) is 3.86. The summed E-state index contributed by atoms with van der Waals surface area (Å²) in [5.41, 5.74) is -1.51. The molecule has 32 heavy (non-hydrogen) atoms. The molecule has 1 atom stereocenters. The first-order chi connectivity index (χ1) is 15.2. The van der Waals surface area contributed by atoms with Gasteiger partial charge in [0.15, 0.2) is 11.6 Å². The lowest BCUT2D eigenvalue weighted by Gasteiger charge is -2.30. The van der Waals surface area contributed by atoms with E-state index in [1.165, 1.54) is 6.20 Å². The summed E-state index contributed by atoms with van der Waals surface area (Å²) < 4.78 is 61.7. The molecule has 1 aliphatic rings. The monoisotopic (exact) mass is 472 g/mol. The van der Waals surface area contributed by atoms with Gasteiger partial charge in [-0.1, -0.05) is 17.7 Å². The van der Waals surface area contributed by atoms with E-state index in [0.29, 0.717) is 30.7 Å². The summed E-state index contributed by atoms with van der Waals surface area (Å²) in [6.45, 7) is 2.61. The zero-order chi connectivity index (χ0) is 23.0. The number of ether oxygens (including phenoxy) is 1. The van der Waals surface area contributed by atoms with Crippen LogP contribution in [0.5, 0.6) is 0 Å². The van der Waals surface area contributed by atoms with Gasteiger partial charge in [0.25, 0.3) is 5.56 Å². The van der Waals surface area contributed by atoms with Crippen molar-refractivity contribution < 1.29 is 22.3 Å². The van der Waals surface area contributed by atoms with Crippen molar-refractivity contribution >= 4 is 17.3 Å². The molecule has 0 radical (unpaired) electrons. The summed E-state index contributed by atoms with van der Waals surface area (Å²) in [7, 11) is 0. The average molecular weight is 473 g/mol. The number of aromatic amines is 1. The standard InChI is InChI=1S/C19H17ClF4N6O2/c1-2-32-16(11-4-3-10(21)7-12(11)19(22,23)24)17-27-26-14-9-29(5-6-30(14)17)13-8-25-28-18(31)15(13)20/h3-4,7-8,16H,2,5-6,9H2,1H3,(H,28,31). The Morgan fingerprint density at radius 2 is 2.06 bits per heavy atom. The van der Waals surface area contributed by atoms with Gasteiger partial charge in [0.1, 0.15) is 16.9 Å². The average Bonchev–Trinajstić information content (AvgIpc) is 3.16. The Hall–Kier alpha value is -2.99. The molecule has 2 aromatic heterocycles. The van der Waals surface area contributed by atoms with Crippen molar-refractivity contribution in [3.8, 4) is 0 Å². The third kappa shape index (κ3) is 4.07. The highest BCUT2D eigenvalue weighted by molar-refractivity contribution is 6.32. The molecule has 0 bridgehead atoms. The van der Waals surface area contributed by atoms with Crippen molar-refractivity contribution in [2.24, 2.45) is 0 Å². The van der Waals surface area contributed by atoms with E-state index in [2.05, 4.69) is 20.4 Å². The number of anilines is 1. The van der Waals surface area contributed by atoms with E-state index in [-0.39, 0.29) is 29.6 Å². The maximum Gasteiger partial charge on any atom is 0.416 e. The van der Waals surface area contributed by atoms with Crippen LogP contribution in [0.25, 0.3) is 0 Å². The second-order valence-corrected chi connectivity index (χ2v) is 7.39. The molecule has 0 saturated carbocycles. The summed E-state index contributed by atoms with van der Waals surface area (Å²) in [6.07, 6.45) is -4.57. The van der Waals surface area contributed by atoms with Crippen LogP contribution in [0.3, 0.4) is 0 Å². The van der Waals surface area contributed by atoms with Crippen LogP contribution in [0.2, 0.25) is 5.02 Å². The lowest BCUT2D eigenvalue weighted by atomic mass is 10.0. The van der Waals surface area contributed by atoms with Gasteiger partial charge in [-0.25, -0.2) is 9.49 Å². The molecule has 0 spiro atoms. The highest BCUT2D eigenvalue weighted by atomic mass is 35.5. The van der Waals surface area contributed by atoms with Gasteiger partial charge in [0.05, 0.1) is 24.0 Å². The first-order valence-corrected chi connectivity index (χ1v) is 9.96. The van der Waals surface area contributed by atoms with Gasteiger partial charge in [-0.3, -0.25) is 4.79 Å². The minimum atomic E-state index is -4.78. The Labute approximate surface area is 183 Å². The Morgan fingerprint density at radius 1 is 1.28 bits per heavy atom. The number of fused-ring (bicyclic) bond motifs is 1. The lowest BCUT2D eigenvalue weighted by molar-refractivity contribution is -0.139. The van der Waals surface area contributed by atoms with E-state index in [1.54, 1.807) is 16.4 Å². The van der Waals surface area contributed by atoms with Gasteiger partial charge in [0, 0.05) is 25.3 Å². The normalized spacial score (nSPS) is 15.0. The highest BCUT2D eigenvalue weighted by Gasteiger charge is 2.38. The summed E-state index contributed by atoms with van der Waals surface area (Å²) in [5, 5.41) is 14.2. The fourth-order valence-electron chi connectivity index (χ4n) is 3.65. The number of hydrogen-bond acceptors (Lipinski definition) is 6. The van der Waals surface area contributed by atoms with E-state index < -0.39 is 29.2 Å². The molecule has 170 valence electrons. The van der Waals surface area contributed by atoms with Crippen LogP contribution in [0.1, 0.15) is 35.8 Å². The lowest BCUT2D eigenvalue weighted by Crippen LogP contribution is -2.36. The number of nitrogens with zero attached hydrogens (tertiary/aromatic N) is 5. The summed E-state index contributed by atoms with van der Waals surface area (Å²) >= 11 is 6.08. The van der Waals surface area contributed by atoms with Gasteiger partial charge in [-0.15, -0.1) is 10.2 Å². The van der Waals surface area contributed by atoms with Gasteiger partial charge in [-0.05, 0) is 19.1 Å². The Kier molecular flexibility index (Phi) is 5.91. The SMILES string of the molecule is CCOC(c1ccc(F)cc1C(F)(F)F)c1nnc2n1CCN(c1cn[nH]c(=O)c1Cl)C2. The quantitative estimate of drug-likeness (QED) is 0.573. The van der Waals surface area contributed by atoms with E-state index in [4.69, 9.17) is 16.3 Å². The van der Waals surface area contributed by atoms with Crippen LogP contribution in [-0.4, -0.2) is 38.1 Å². The van der Waals surface area contributed by atoms with Crippen molar-refractivity contribution in [3.05, 3.63) is 68.4 Å². The predicted octanol–water partition coefficient (Wildman–Crippen LogP) is 3.32. The molecule has 1 N–H and O–H groups in total. The first-order valence-electron chi connectivity index (χ1n) is 9.59. The second-order valence-electron chi connectivity index (χ2n) is 7.01. The topological polar surface area (TPSA) is 88.9 Å². The van der Waals surface area contributed by atoms with Gasteiger partial charge >= 0.3 is 6.18 Å². The summed E-state index contributed by atoms with van der Waals surface area (Å²) in [6, 6.07) is 2.45. The molecule has 1 aromatic carbocycles. The molecule has 4 rings (SSSR count). The molecule has 0 amide bonds. The van der Waals surface area contributed by atoms with Gasteiger partial charge in [-0.2, -0.15) is 18.3 Å². The largest absolute Gasteiger partial charge is 0.416 e. The maximum absolute atomic E-state index is 13.6. The number of H-pyrrole nitrogens is 1. The number of rotatable bonds is 5. The molecule has 3 aromatic rings. The fraction of sp³-hybridized carbons (Fsp3) is 0.368.